The summed E-state index contributed by atoms with van der Waals surface area (Å²) in [5.74, 6) is -1.83. The van der Waals surface area contributed by atoms with Gasteiger partial charge in [-0.15, -0.1) is 0 Å². The first-order chi connectivity index (χ1) is 14.3. The van der Waals surface area contributed by atoms with E-state index in [0.717, 1.165) is 22.9 Å². The minimum Gasteiger partial charge on any atom is -0.480 e. The number of amides is 2. The summed E-state index contributed by atoms with van der Waals surface area (Å²) in [6.07, 6.45) is 3.86. The maximum atomic E-state index is 13.3. The average Bonchev–Trinajstić information content (AvgIpc) is 3.39. The SMILES string of the molecule is CC[C@H](C)[C@H](N)C(=O)N[C@@H](Cc1c[nH]c2ccccc12)C(=O)N1CCC[C@H]1C(=O)O. The van der Waals surface area contributed by atoms with E-state index in [4.69, 9.17) is 5.73 Å². The monoisotopic (exact) mass is 414 g/mol. The standard InChI is InChI=1S/C22H30N4O4/c1-3-13(2)19(23)20(27)25-17(21(28)26-10-6-9-18(26)22(29)30)11-14-12-24-16-8-5-4-7-15(14)16/h4-5,7-8,12-13,17-19,24H,3,6,9-11,23H2,1-2H3,(H,25,27)(H,29,30)/t13-,17-,18-,19-/m0/s1. The van der Waals surface area contributed by atoms with E-state index in [1.54, 1.807) is 0 Å². The van der Waals surface area contributed by atoms with Crippen LogP contribution < -0.4 is 11.1 Å². The number of likely N-dealkylation sites (tertiary alicyclic amines) is 1. The predicted molar refractivity (Wildman–Crippen MR) is 114 cm³/mol. The normalized spacial score (nSPS) is 19.4. The smallest absolute Gasteiger partial charge is 0.326 e. The third kappa shape index (κ3) is 4.48. The lowest BCUT2D eigenvalue weighted by molar-refractivity contribution is -0.149. The van der Waals surface area contributed by atoms with Crippen molar-refractivity contribution in [3.05, 3.63) is 36.0 Å². The van der Waals surface area contributed by atoms with Crippen LogP contribution in [0, 0.1) is 5.92 Å². The number of aromatic amines is 1. The van der Waals surface area contributed by atoms with E-state index in [1.807, 2.05) is 44.3 Å². The molecule has 1 saturated heterocycles. The van der Waals surface area contributed by atoms with E-state index in [1.165, 1.54) is 4.90 Å². The van der Waals surface area contributed by atoms with Gasteiger partial charge in [-0.2, -0.15) is 0 Å². The summed E-state index contributed by atoms with van der Waals surface area (Å²) in [6, 6.07) is 5.24. The minimum atomic E-state index is -1.02. The Kier molecular flexibility index (Phi) is 6.77. The number of aliphatic carboxylic acids is 1. The van der Waals surface area contributed by atoms with Gasteiger partial charge in [-0.1, -0.05) is 38.5 Å². The molecule has 162 valence electrons. The van der Waals surface area contributed by atoms with Crippen molar-refractivity contribution in [1.82, 2.24) is 15.2 Å². The Balaban J connectivity index is 1.87. The number of hydrogen-bond acceptors (Lipinski definition) is 4. The lowest BCUT2D eigenvalue weighted by atomic mass is 9.98. The zero-order valence-electron chi connectivity index (χ0n) is 17.4. The van der Waals surface area contributed by atoms with E-state index in [9.17, 15) is 19.5 Å². The Morgan fingerprint density at radius 1 is 1.33 bits per heavy atom. The van der Waals surface area contributed by atoms with Gasteiger partial charge in [0, 0.05) is 30.1 Å². The van der Waals surface area contributed by atoms with Gasteiger partial charge in [0.05, 0.1) is 6.04 Å². The summed E-state index contributed by atoms with van der Waals surface area (Å²) in [5.41, 5.74) is 7.89. The molecule has 0 radical (unpaired) electrons. The number of nitrogens with one attached hydrogen (secondary N) is 2. The van der Waals surface area contributed by atoms with Crippen LogP contribution in [-0.2, 0) is 20.8 Å². The maximum Gasteiger partial charge on any atom is 0.326 e. The molecule has 3 rings (SSSR count). The number of rotatable bonds is 8. The molecule has 2 aromatic rings. The van der Waals surface area contributed by atoms with E-state index >= 15 is 0 Å². The molecule has 8 nitrogen and oxygen atoms in total. The number of fused-ring (bicyclic) bond motifs is 1. The van der Waals surface area contributed by atoms with Gasteiger partial charge in [0.1, 0.15) is 12.1 Å². The van der Waals surface area contributed by atoms with Crippen molar-refractivity contribution in [3.8, 4) is 0 Å². The molecule has 0 saturated carbocycles. The van der Waals surface area contributed by atoms with Gasteiger partial charge in [-0.25, -0.2) is 4.79 Å². The first kappa shape index (κ1) is 21.8. The maximum absolute atomic E-state index is 13.3. The average molecular weight is 415 g/mol. The third-order valence-electron chi connectivity index (χ3n) is 6.09. The highest BCUT2D eigenvalue weighted by molar-refractivity contribution is 5.93. The van der Waals surface area contributed by atoms with Gasteiger partial charge in [0.15, 0.2) is 0 Å². The van der Waals surface area contributed by atoms with Crippen molar-refractivity contribution in [3.63, 3.8) is 0 Å². The summed E-state index contributed by atoms with van der Waals surface area (Å²) < 4.78 is 0. The Morgan fingerprint density at radius 3 is 2.77 bits per heavy atom. The molecule has 0 spiro atoms. The van der Waals surface area contributed by atoms with E-state index in [2.05, 4.69) is 10.3 Å². The van der Waals surface area contributed by atoms with Crippen LogP contribution in [0.4, 0.5) is 0 Å². The number of nitrogens with two attached hydrogens (primary N) is 1. The van der Waals surface area contributed by atoms with Gasteiger partial charge in [0.25, 0.3) is 0 Å². The zero-order valence-corrected chi connectivity index (χ0v) is 17.4. The summed E-state index contributed by atoms with van der Waals surface area (Å²) in [4.78, 5) is 42.2. The molecule has 4 atom stereocenters. The molecular weight excluding hydrogens is 384 g/mol. The van der Waals surface area contributed by atoms with Gasteiger partial charge in [-0.3, -0.25) is 9.59 Å². The lowest BCUT2D eigenvalue weighted by Crippen LogP contribution is -2.56. The second-order valence-electron chi connectivity index (χ2n) is 8.06. The molecule has 5 N–H and O–H groups in total. The molecule has 1 aromatic carbocycles. The highest BCUT2D eigenvalue weighted by Gasteiger charge is 2.38. The molecule has 1 fully saturated rings. The van der Waals surface area contributed by atoms with E-state index in [-0.39, 0.29) is 18.2 Å². The fourth-order valence-corrected chi connectivity index (χ4v) is 3.99. The zero-order chi connectivity index (χ0) is 21.8. The topological polar surface area (TPSA) is 129 Å². The number of para-hydroxylation sites is 1. The number of carbonyl (C=O) groups excluding carboxylic acids is 2. The summed E-state index contributed by atoms with van der Waals surface area (Å²) in [7, 11) is 0. The third-order valence-corrected chi connectivity index (χ3v) is 6.09. The predicted octanol–water partition coefficient (Wildman–Crippen LogP) is 1.64. The molecule has 1 aliphatic rings. The minimum absolute atomic E-state index is 0.0348. The number of H-pyrrole nitrogens is 1. The Hall–Kier alpha value is -2.87. The van der Waals surface area contributed by atoms with Crippen LogP contribution >= 0.6 is 0 Å². The van der Waals surface area contributed by atoms with Crippen LogP contribution in [0.1, 0.15) is 38.7 Å². The number of carbonyl (C=O) groups is 3. The number of carboxylic acid groups (broad SMARTS) is 1. The number of aromatic nitrogens is 1. The molecule has 0 bridgehead atoms. The van der Waals surface area contributed by atoms with Crippen molar-refractivity contribution in [2.45, 2.75) is 57.7 Å². The molecule has 30 heavy (non-hydrogen) atoms. The fourth-order valence-electron chi connectivity index (χ4n) is 3.99. The van der Waals surface area contributed by atoms with Gasteiger partial charge in [-0.05, 0) is 30.4 Å². The van der Waals surface area contributed by atoms with Crippen LogP contribution in [0.5, 0.6) is 0 Å². The molecule has 1 aromatic heterocycles. The molecule has 1 aliphatic heterocycles. The van der Waals surface area contributed by atoms with E-state index < -0.39 is 30.0 Å². The highest BCUT2D eigenvalue weighted by Crippen LogP contribution is 2.23. The molecule has 8 heteroatoms. The molecule has 0 unspecified atom stereocenters. The quantitative estimate of drug-likeness (QED) is 0.522. The Bertz CT molecular complexity index is 925. The first-order valence-electron chi connectivity index (χ1n) is 10.5. The van der Waals surface area contributed by atoms with Crippen LogP contribution in [0.15, 0.2) is 30.5 Å². The van der Waals surface area contributed by atoms with Gasteiger partial charge >= 0.3 is 5.97 Å². The first-order valence-corrected chi connectivity index (χ1v) is 10.5. The van der Waals surface area contributed by atoms with Gasteiger partial charge in [0.2, 0.25) is 11.8 Å². The molecular formula is C22H30N4O4. The highest BCUT2D eigenvalue weighted by atomic mass is 16.4. The largest absolute Gasteiger partial charge is 0.480 e. The van der Waals surface area contributed by atoms with Crippen molar-refractivity contribution in [2.75, 3.05) is 6.54 Å². The summed E-state index contributed by atoms with van der Waals surface area (Å²) in [5, 5.41) is 13.3. The van der Waals surface area contributed by atoms with Crippen LogP contribution in [0.2, 0.25) is 0 Å². The van der Waals surface area contributed by atoms with Crippen LogP contribution in [0.25, 0.3) is 10.9 Å². The summed E-state index contributed by atoms with van der Waals surface area (Å²) in [6.45, 7) is 4.21. The van der Waals surface area contributed by atoms with Gasteiger partial charge < -0.3 is 26.0 Å². The molecule has 0 aliphatic carbocycles. The van der Waals surface area contributed by atoms with Crippen LogP contribution in [-0.4, -0.2) is 57.4 Å². The number of benzene rings is 1. The fraction of sp³-hybridized carbons (Fsp3) is 0.500. The van der Waals surface area contributed by atoms with Crippen molar-refractivity contribution < 1.29 is 19.5 Å². The number of hydrogen-bond donors (Lipinski definition) is 4. The Morgan fingerprint density at radius 2 is 2.07 bits per heavy atom. The van der Waals surface area contributed by atoms with Crippen LogP contribution in [0.3, 0.4) is 0 Å². The van der Waals surface area contributed by atoms with Crippen molar-refractivity contribution in [2.24, 2.45) is 11.7 Å². The Labute approximate surface area is 175 Å². The second kappa shape index (κ2) is 9.30. The lowest BCUT2D eigenvalue weighted by Gasteiger charge is -2.28. The van der Waals surface area contributed by atoms with Crippen molar-refractivity contribution in [1.29, 1.82) is 0 Å². The molecule has 2 heterocycles. The van der Waals surface area contributed by atoms with Crippen molar-refractivity contribution >= 4 is 28.7 Å². The van der Waals surface area contributed by atoms with E-state index in [0.29, 0.717) is 19.4 Å². The summed E-state index contributed by atoms with van der Waals surface area (Å²) >= 11 is 0. The second-order valence-corrected chi connectivity index (χ2v) is 8.06. The molecule has 2 amide bonds. The number of carboxylic acids is 1. The number of nitrogens with zero attached hydrogens (tertiary/aromatic N) is 1.